The van der Waals surface area contributed by atoms with Crippen LogP contribution in [0.1, 0.15) is 79.1 Å². The monoisotopic (exact) mass is 646 g/mol. The van der Waals surface area contributed by atoms with Crippen molar-refractivity contribution < 1.29 is 13.9 Å². The summed E-state index contributed by atoms with van der Waals surface area (Å²) in [5.41, 5.74) is 0.803. The van der Waals surface area contributed by atoms with Gasteiger partial charge in [-0.05, 0) is 81.3 Å². The van der Waals surface area contributed by atoms with Gasteiger partial charge < -0.3 is 15.4 Å². The van der Waals surface area contributed by atoms with E-state index in [1.165, 1.54) is 16.8 Å². The Labute approximate surface area is 270 Å². The molecule has 2 N–H and O–H groups in total. The number of fused-ring (bicyclic) bond motifs is 1. The molecule has 1 saturated heterocycles. The molecule has 4 heterocycles. The standard InChI is InChI=1S/C34H39FN6O4S/c1-36-14-11-30(22-5-3-2-4-6-22)45-28-17-23(19-37-21-28)32(42)39-25-7-9-26(10-8-25)41-33(43)29-18-24(35)20-38-31(29)40(34(41)44)27-12-15-46-16-13-27/h2-6,17-21,25-27,30,36H,7-16H2,1H3,(H,39,42). The summed E-state index contributed by atoms with van der Waals surface area (Å²) >= 11 is 1.84. The number of rotatable bonds is 10. The first-order chi connectivity index (χ1) is 22.4. The van der Waals surface area contributed by atoms with Crippen LogP contribution in [-0.4, -0.2) is 56.1 Å². The Balaban J connectivity index is 1.15. The first kappa shape index (κ1) is 31.9. The number of aromatic nitrogens is 4. The molecule has 0 spiro atoms. The first-order valence-corrected chi connectivity index (χ1v) is 17.1. The van der Waals surface area contributed by atoms with Gasteiger partial charge in [0.25, 0.3) is 11.5 Å². The van der Waals surface area contributed by atoms with Crippen molar-refractivity contribution in [3.05, 3.63) is 98.8 Å². The van der Waals surface area contributed by atoms with Crippen LogP contribution in [0.25, 0.3) is 11.0 Å². The Hall–Kier alpha value is -4.03. The van der Waals surface area contributed by atoms with Crippen LogP contribution in [-0.2, 0) is 0 Å². The number of nitrogens with one attached hydrogen (secondary N) is 2. The van der Waals surface area contributed by atoms with E-state index in [0.29, 0.717) is 37.0 Å². The molecule has 2 fully saturated rings. The molecule has 6 rings (SSSR count). The molecule has 1 unspecified atom stereocenters. The number of carbonyl (C=O) groups is 1. The number of carbonyl (C=O) groups excluding carboxylic acids is 1. The second kappa shape index (κ2) is 14.6. The fourth-order valence-electron chi connectivity index (χ4n) is 6.55. The summed E-state index contributed by atoms with van der Waals surface area (Å²) in [5, 5.41) is 6.39. The van der Waals surface area contributed by atoms with E-state index >= 15 is 0 Å². The zero-order chi connectivity index (χ0) is 32.0. The van der Waals surface area contributed by atoms with Gasteiger partial charge in [0, 0.05) is 30.7 Å². The van der Waals surface area contributed by atoms with E-state index in [0.717, 1.165) is 49.1 Å². The van der Waals surface area contributed by atoms with Gasteiger partial charge in [0.05, 0.1) is 23.3 Å². The van der Waals surface area contributed by atoms with Crippen LogP contribution in [0.4, 0.5) is 4.39 Å². The van der Waals surface area contributed by atoms with Crippen molar-refractivity contribution in [1.82, 2.24) is 29.7 Å². The lowest BCUT2D eigenvalue weighted by atomic mass is 9.90. The van der Waals surface area contributed by atoms with Gasteiger partial charge in [-0.2, -0.15) is 11.8 Å². The summed E-state index contributed by atoms with van der Waals surface area (Å²) in [6.07, 6.45) is 8.56. The first-order valence-electron chi connectivity index (χ1n) is 15.9. The summed E-state index contributed by atoms with van der Waals surface area (Å²) in [6.45, 7) is 0.766. The van der Waals surface area contributed by atoms with E-state index in [1.54, 1.807) is 16.8 Å². The Kier molecular flexibility index (Phi) is 10.1. The molecule has 242 valence electrons. The molecule has 1 atom stereocenters. The average Bonchev–Trinajstić information content (AvgIpc) is 3.09. The van der Waals surface area contributed by atoms with Crippen molar-refractivity contribution in [3.8, 4) is 5.75 Å². The van der Waals surface area contributed by atoms with Gasteiger partial charge in [0.1, 0.15) is 23.3 Å². The van der Waals surface area contributed by atoms with Gasteiger partial charge in [-0.25, -0.2) is 14.2 Å². The maximum absolute atomic E-state index is 14.2. The maximum atomic E-state index is 14.2. The van der Waals surface area contributed by atoms with E-state index < -0.39 is 11.4 Å². The normalized spacial score (nSPS) is 19.5. The van der Waals surface area contributed by atoms with Crippen molar-refractivity contribution in [2.45, 2.75) is 69.2 Å². The molecular formula is C34H39FN6O4S. The molecule has 4 aromatic rings. The van der Waals surface area contributed by atoms with Crippen LogP contribution < -0.4 is 26.6 Å². The van der Waals surface area contributed by atoms with Crippen molar-refractivity contribution in [2.24, 2.45) is 0 Å². The smallest absolute Gasteiger partial charge is 0.333 e. The number of ether oxygens (including phenoxy) is 1. The zero-order valence-corrected chi connectivity index (χ0v) is 26.7. The summed E-state index contributed by atoms with van der Waals surface area (Å²) in [7, 11) is 1.90. The Bertz CT molecular complexity index is 1780. The van der Waals surface area contributed by atoms with Gasteiger partial charge >= 0.3 is 5.69 Å². The van der Waals surface area contributed by atoms with Gasteiger partial charge in [-0.3, -0.25) is 23.7 Å². The predicted molar refractivity (Wildman–Crippen MR) is 177 cm³/mol. The third kappa shape index (κ3) is 7.02. The van der Waals surface area contributed by atoms with Gasteiger partial charge in [-0.15, -0.1) is 0 Å². The van der Waals surface area contributed by atoms with Gasteiger partial charge in [0.15, 0.2) is 0 Å². The largest absolute Gasteiger partial charge is 0.484 e. The molecule has 3 aromatic heterocycles. The summed E-state index contributed by atoms with van der Waals surface area (Å²) < 4.78 is 23.4. The highest BCUT2D eigenvalue weighted by molar-refractivity contribution is 7.99. The number of hydrogen-bond acceptors (Lipinski definition) is 8. The van der Waals surface area contributed by atoms with Gasteiger partial charge in [-0.1, -0.05) is 30.3 Å². The minimum atomic E-state index is -0.607. The van der Waals surface area contributed by atoms with Crippen molar-refractivity contribution in [3.63, 3.8) is 0 Å². The lowest BCUT2D eigenvalue weighted by Gasteiger charge is -2.31. The highest BCUT2D eigenvalue weighted by atomic mass is 32.2. The molecule has 0 bridgehead atoms. The number of benzene rings is 1. The van der Waals surface area contributed by atoms with E-state index in [1.807, 2.05) is 49.1 Å². The molecule has 1 aliphatic heterocycles. The Morgan fingerprint density at radius 3 is 2.48 bits per heavy atom. The minimum absolute atomic E-state index is 0.0867. The number of pyridine rings is 2. The summed E-state index contributed by atoms with van der Waals surface area (Å²) in [5.74, 6) is 1.48. The van der Waals surface area contributed by atoms with Crippen molar-refractivity contribution in [2.75, 3.05) is 25.1 Å². The quantitative estimate of drug-likeness (QED) is 0.252. The summed E-state index contributed by atoms with van der Waals surface area (Å²) in [4.78, 5) is 49.2. The van der Waals surface area contributed by atoms with Crippen LogP contribution in [0.15, 0.2) is 70.6 Å². The molecule has 2 aliphatic rings. The number of amides is 1. The van der Waals surface area contributed by atoms with Crippen LogP contribution in [0.3, 0.4) is 0 Å². The second-order valence-corrected chi connectivity index (χ2v) is 13.2. The molecule has 1 saturated carbocycles. The Morgan fingerprint density at radius 2 is 1.74 bits per heavy atom. The molecule has 46 heavy (non-hydrogen) atoms. The van der Waals surface area contributed by atoms with Crippen molar-refractivity contribution >= 4 is 28.7 Å². The molecule has 1 aliphatic carbocycles. The SMILES string of the molecule is CNCCC(Oc1cncc(C(=O)NC2CCC(n3c(=O)c4cc(F)cnc4n(C4CCSCC4)c3=O)CC2)c1)c1ccccc1. The van der Waals surface area contributed by atoms with E-state index in [-0.39, 0.29) is 46.9 Å². The number of halogens is 1. The molecule has 12 heteroatoms. The van der Waals surface area contributed by atoms with E-state index in [2.05, 4.69) is 20.6 Å². The fraction of sp³-hybridized carbons (Fsp3) is 0.441. The molecule has 10 nitrogen and oxygen atoms in total. The Morgan fingerprint density at radius 1 is 1.00 bits per heavy atom. The van der Waals surface area contributed by atoms with Crippen LogP contribution in [0.2, 0.25) is 0 Å². The van der Waals surface area contributed by atoms with Crippen LogP contribution in [0, 0.1) is 5.82 Å². The predicted octanol–water partition coefficient (Wildman–Crippen LogP) is 4.80. The number of thioether (sulfide) groups is 1. The lowest BCUT2D eigenvalue weighted by Crippen LogP contribution is -2.46. The molecule has 0 radical (unpaired) electrons. The zero-order valence-electron chi connectivity index (χ0n) is 25.9. The minimum Gasteiger partial charge on any atom is -0.484 e. The summed E-state index contributed by atoms with van der Waals surface area (Å²) in [6, 6.07) is 12.3. The van der Waals surface area contributed by atoms with Crippen LogP contribution >= 0.6 is 11.8 Å². The highest BCUT2D eigenvalue weighted by Gasteiger charge is 2.30. The van der Waals surface area contributed by atoms with Crippen molar-refractivity contribution in [1.29, 1.82) is 0 Å². The number of nitrogens with zero attached hydrogens (tertiary/aromatic N) is 4. The molecule has 1 amide bonds. The molecule has 1 aromatic carbocycles. The van der Waals surface area contributed by atoms with Crippen LogP contribution in [0.5, 0.6) is 5.75 Å². The maximum Gasteiger partial charge on any atom is 0.333 e. The third-order valence-corrected chi connectivity index (χ3v) is 10.0. The van der Waals surface area contributed by atoms with E-state index in [9.17, 15) is 18.8 Å². The topological polar surface area (TPSA) is 120 Å². The number of hydrogen-bond donors (Lipinski definition) is 2. The third-order valence-electron chi connectivity index (χ3n) is 8.96. The molecular weight excluding hydrogens is 607 g/mol. The average molecular weight is 647 g/mol. The van der Waals surface area contributed by atoms with E-state index in [4.69, 9.17) is 4.74 Å². The highest BCUT2D eigenvalue weighted by Crippen LogP contribution is 2.31. The second-order valence-electron chi connectivity index (χ2n) is 12.0. The van der Waals surface area contributed by atoms with Gasteiger partial charge in [0.2, 0.25) is 0 Å². The lowest BCUT2D eigenvalue weighted by molar-refractivity contribution is 0.0920. The fourth-order valence-corrected chi connectivity index (χ4v) is 7.64.